The molecule has 1 aromatic heterocycles. The molecule has 10 heteroatoms. The van der Waals surface area contributed by atoms with Crippen LogP contribution in [0.15, 0.2) is 48.5 Å². The van der Waals surface area contributed by atoms with E-state index in [4.69, 9.17) is 0 Å². The number of rotatable bonds is 3. The van der Waals surface area contributed by atoms with Crippen molar-refractivity contribution in [1.82, 2.24) is 9.78 Å². The van der Waals surface area contributed by atoms with Gasteiger partial charge in [-0.3, -0.25) is 4.79 Å². The number of alkyl halides is 3. The first kappa shape index (κ1) is 20.7. The number of benzene rings is 2. The summed E-state index contributed by atoms with van der Waals surface area (Å²) in [4.78, 5) is 12.6. The maximum absolute atomic E-state index is 13.7. The van der Waals surface area contributed by atoms with Crippen LogP contribution in [0.3, 0.4) is 0 Å². The molecule has 6 nitrogen and oxygen atoms in total. The van der Waals surface area contributed by atoms with Gasteiger partial charge in [0.25, 0.3) is 5.91 Å². The molecule has 0 saturated heterocycles. The van der Waals surface area contributed by atoms with E-state index in [0.717, 1.165) is 10.2 Å². The van der Waals surface area contributed by atoms with Gasteiger partial charge in [-0.1, -0.05) is 18.2 Å². The number of nitrogens with zero attached hydrogens (tertiary/aromatic N) is 2. The van der Waals surface area contributed by atoms with E-state index in [1.54, 1.807) is 13.0 Å². The number of nitrogens with one attached hydrogen (secondary N) is 2. The first-order chi connectivity index (χ1) is 14.6. The number of carbonyl (C=O) groups excluding carboxylic acids is 1. The van der Waals surface area contributed by atoms with E-state index in [2.05, 4.69) is 15.7 Å². The van der Waals surface area contributed by atoms with Gasteiger partial charge < -0.3 is 15.7 Å². The van der Waals surface area contributed by atoms with E-state index >= 15 is 0 Å². The van der Waals surface area contributed by atoms with Crippen molar-refractivity contribution >= 4 is 17.4 Å². The van der Waals surface area contributed by atoms with E-state index in [9.17, 15) is 27.5 Å². The highest BCUT2D eigenvalue weighted by molar-refractivity contribution is 6.04. The first-order valence-corrected chi connectivity index (χ1v) is 9.41. The summed E-state index contributed by atoms with van der Waals surface area (Å²) in [6, 6.07) is 8.28. The van der Waals surface area contributed by atoms with Crippen molar-refractivity contribution in [1.29, 1.82) is 0 Å². The molecule has 2 aromatic carbocycles. The van der Waals surface area contributed by atoms with Crippen LogP contribution in [0.2, 0.25) is 0 Å². The van der Waals surface area contributed by atoms with Crippen LogP contribution in [0.25, 0.3) is 0 Å². The Balaban J connectivity index is 1.65. The van der Waals surface area contributed by atoms with Gasteiger partial charge in [-0.25, -0.2) is 9.07 Å². The fraction of sp³-hybridized carbons (Fsp3) is 0.238. The summed E-state index contributed by atoms with van der Waals surface area (Å²) >= 11 is 0. The second kappa shape index (κ2) is 7.60. The van der Waals surface area contributed by atoms with Crippen molar-refractivity contribution in [2.75, 3.05) is 10.6 Å². The average molecular weight is 434 g/mol. The topological polar surface area (TPSA) is 79.2 Å². The van der Waals surface area contributed by atoms with E-state index in [1.807, 2.05) is 0 Å². The first-order valence-electron chi connectivity index (χ1n) is 9.41. The Labute approximate surface area is 174 Å². The predicted octanol–water partition coefficient (Wildman–Crippen LogP) is 4.95. The molecule has 1 aliphatic rings. The van der Waals surface area contributed by atoms with E-state index in [-0.39, 0.29) is 29.4 Å². The maximum Gasteiger partial charge on any atom is 0.410 e. The summed E-state index contributed by atoms with van der Waals surface area (Å²) in [5.41, 5.74) is 1.15. The van der Waals surface area contributed by atoms with Gasteiger partial charge in [-0.15, -0.1) is 0 Å². The SMILES string of the molecule is Cc1ccc(O)c(NC(=O)c2cc3n(n2)[C@H](C(F)(F)F)C[C@H](c2ccc(F)cc2)N3)c1. The molecule has 2 atom stereocenters. The zero-order valence-electron chi connectivity index (χ0n) is 16.2. The molecule has 4 rings (SSSR count). The highest BCUT2D eigenvalue weighted by Gasteiger charge is 2.46. The molecule has 2 heterocycles. The summed E-state index contributed by atoms with van der Waals surface area (Å²) in [6.45, 7) is 1.76. The fourth-order valence-corrected chi connectivity index (χ4v) is 3.53. The molecule has 0 fully saturated rings. The molecule has 0 saturated carbocycles. The molecule has 3 N–H and O–H groups in total. The Morgan fingerprint density at radius 3 is 2.58 bits per heavy atom. The number of phenols is 1. The third-order valence-electron chi connectivity index (χ3n) is 5.10. The van der Waals surface area contributed by atoms with Gasteiger partial charge in [0.15, 0.2) is 11.7 Å². The van der Waals surface area contributed by atoms with Gasteiger partial charge in [0.05, 0.1) is 11.7 Å². The lowest BCUT2D eigenvalue weighted by molar-refractivity contribution is -0.173. The second-order valence-electron chi connectivity index (χ2n) is 7.38. The molecule has 0 bridgehead atoms. The molecular weight excluding hydrogens is 416 g/mol. The van der Waals surface area contributed by atoms with Crippen LogP contribution in [0.1, 0.15) is 40.1 Å². The third-order valence-corrected chi connectivity index (χ3v) is 5.10. The van der Waals surface area contributed by atoms with Crippen molar-refractivity contribution in [2.45, 2.75) is 31.6 Å². The number of phenolic OH excluding ortho intramolecular Hbond substituents is 1. The number of aryl methyl sites for hydroxylation is 1. The third kappa shape index (κ3) is 4.18. The molecule has 162 valence electrons. The average Bonchev–Trinajstić information content (AvgIpc) is 3.14. The van der Waals surface area contributed by atoms with E-state index in [1.165, 1.54) is 42.5 Å². The Bertz CT molecular complexity index is 1130. The minimum Gasteiger partial charge on any atom is -0.506 e. The number of carbonyl (C=O) groups is 1. The maximum atomic E-state index is 13.7. The molecule has 31 heavy (non-hydrogen) atoms. The van der Waals surface area contributed by atoms with Crippen LogP contribution in [0.5, 0.6) is 5.75 Å². The molecule has 0 unspecified atom stereocenters. The summed E-state index contributed by atoms with van der Waals surface area (Å²) in [7, 11) is 0. The minimum atomic E-state index is -4.61. The quantitative estimate of drug-likeness (QED) is 0.403. The van der Waals surface area contributed by atoms with Gasteiger partial charge >= 0.3 is 6.18 Å². The Morgan fingerprint density at radius 1 is 1.19 bits per heavy atom. The summed E-state index contributed by atoms with van der Waals surface area (Å²) in [5, 5.41) is 19.2. The van der Waals surface area contributed by atoms with Gasteiger partial charge in [-0.05, 0) is 42.3 Å². The van der Waals surface area contributed by atoms with Crippen molar-refractivity contribution < 1.29 is 27.5 Å². The van der Waals surface area contributed by atoms with Crippen LogP contribution < -0.4 is 10.6 Å². The summed E-state index contributed by atoms with van der Waals surface area (Å²) in [6.07, 6.45) is -4.98. The van der Waals surface area contributed by atoms with E-state index < -0.39 is 30.0 Å². The highest BCUT2D eigenvalue weighted by atomic mass is 19.4. The Hall–Kier alpha value is -3.56. The molecule has 3 aromatic rings. The Morgan fingerprint density at radius 2 is 1.90 bits per heavy atom. The van der Waals surface area contributed by atoms with Crippen LogP contribution in [0.4, 0.5) is 29.1 Å². The van der Waals surface area contributed by atoms with Gasteiger partial charge in [0, 0.05) is 12.5 Å². The van der Waals surface area contributed by atoms with Gasteiger partial charge in [0.1, 0.15) is 17.4 Å². The highest BCUT2D eigenvalue weighted by Crippen LogP contribution is 2.43. The van der Waals surface area contributed by atoms with Crippen LogP contribution in [0, 0.1) is 12.7 Å². The summed E-state index contributed by atoms with van der Waals surface area (Å²) < 4.78 is 55.2. The number of aromatic hydroxyl groups is 1. The zero-order valence-corrected chi connectivity index (χ0v) is 16.2. The standard InChI is InChI=1S/C21H18F4N4O2/c1-11-2-7-17(30)15(8-11)27-20(31)16-10-19-26-14(12-3-5-13(22)6-4-12)9-18(21(23,24)25)29(19)28-16/h2-8,10,14,18,26,30H,9H2,1H3,(H,27,31)/t14-,18+/m1/s1. The minimum absolute atomic E-state index is 0.0153. The van der Waals surface area contributed by atoms with Crippen LogP contribution in [-0.2, 0) is 0 Å². The largest absolute Gasteiger partial charge is 0.506 e. The van der Waals surface area contributed by atoms with Gasteiger partial charge in [0.2, 0.25) is 0 Å². The van der Waals surface area contributed by atoms with Gasteiger partial charge in [-0.2, -0.15) is 18.3 Å². The number of fused-ring (bicyclic) bond motifs is 1. The van der Waals surface area contributed by atoms with Crippen molar-refractivity contribution in [3.05, 3.63) is 71.2 Å². The second-order valence-corrected chi connectivity index (χ2v) is 7.38. The number of aromatic nitrogens is 2. The zero-order chi connectivity index (χ0) is 22.3. The molecule has 1 aliphatic heterocycles. The fourth-order valence-electron chi connectivity index (χ4n) is 3.53. The molecule has 0 aliphatic carbocycles. The Kier molecular flexibility index (Phi) is 5.08. The monoisotopic (exact) mass is 434 g/mol. The normalized spacial score (nSPS) is 18.2. The molecule has 1 amide bonds. The number of amides is 1. The lowest BCUT2D eigenvalue weighted by atomic mass is 9.97. The van der Waals surface area contributed by atoms with Crippen LogP contribution in [-0.4, -0.2) is 27.0 Å². The number of halogens is 4. The molecule has 0 spiro atoms. The van der Waals surface area contributed by atoms with E-state index in [0.29, 0.717) is 5.56 Å². The molecule has 0 radical (unpaired) electrons. The lowest BCUT2D eigenvalue weighted by Gasteiger charge is -2.33. The van der Waals surface area contributed by atoms with Crippen molar-refractivity contribution in [2.24, 2.45) is 0 Å². The summed E-state index contributed by atoms with van der Waals surface area (Å²) in [5.74, 6) is -1.41. The smallest absolute Gasteiger partial charge is 0.410 e. The number of anilines is 2. The number of hydrogen-bond donors (Lipinski definition) is 3. The predicted molar refractivity (Wildman–Crippen MR) is 105 cm³/mol. The van der Waals surface area contributed by atoms with Crippen LogP contribution >= 0.6 is 0 Å². The number of hydrogen-bond acceptors (Lipinski definition) is 4. The molecular formula is C21H18F4N4O2. The van der Waals surface area contributed by atoms with Crippen molar-refractivity contribution in [3.63, 3.8) is 0 Å². The van der Waals surface area contributed by atoms with Crippen molar-refractivity contribution in [3.8, 4) is 5.75 Å². The lowest BCUT2D eigenvalue weighted by Crippen LogP contribution is -2.35.